The summed E-state index contributed by atoms with van der Waals surface area (Å²) in [6, 6.07) is 6.24. The Morgan fingerprint density at radius 1 is 1.44 bits per heavy atom. The van der Waals surface area contributed by atoms with Crippen LogP contribution in [0.15, 0.2) is 18.2 Å². The van der Waals surface area contributed by atoms with Crippen molar-refractivity contribution in [2.45, 2.75) is 19.8 Å². The number of nitrogens with one attached hydrogen (secondary N) is 1. The molecule has 3 rings (SSSR count). The fraction of sp³-hybridized carbons (Fsp3) is 0.467. The van der Waals surface area contributed by atoms with E-state index in [-0.39, 0.29) is 0 Å². The van der Waals surface area contributed by atoms with Crippen LogP contribution in [0.1, 0.15) is 17.7 Å². The molecule has 0 amide bonds. The first-order valence-corrected chi connectivity index (χ1v) is 6.98. The smallest absolute Gasteiger partial charge is 0.0497 e. The van der Waals surface area contributed by atoms with Gasteiger partial charge in [-0.3, -0.25) is 0 Å². The van der Waals surface area contributed by atoms with Crippen LogP contribution in [0, 0.1) is 12.8 Å². The SMILES string of the molecule is Cc1c(CC2CCNC2)c2ccc(Cl)cc2n1C. The summed E-state index contributed by atoms with van der Waals surface area (Å²) >= 11 is 6.10. The van der Waals surface area contributed by atoms with Gasteiger partial charge in [0.15, 0.2) is 0 Å². The van der Waals surface area contributed by atoms with Crippen molar-refractivity contribution < 1.29 is 0 Å². The minimum Gasteiger partial charge on any atom is -0.348 e. The molecule has 1 N–H and O–H groups in total. The molecule has 0 radical (unpaired) electrons. The predicted octanol–water partition coefficient (Wildman–Crippen LogP) is 3.29. The largest absolute Gasteiger partial charge is 0.348 e. The molecule has 1 aromatic heterocycles. The molecule has 2 nitrogen and oxygen atoms in total. The minimum atomic E-state index is 0.782. The molecule has 0 aliphatic carbocycles. The van der Waals surface area contributed by atoms with Gasteiger partial charge in [0.25, 0.3) is 0 Å². The van der Waals surface area contributed by atoms with Gasteiger partial charge in [-0.25, -0.2) is 0 Å². The molecular formula is C15H19ClN2. The zero-order chi connectivity index (χ0) is 12.7. The van der Waals surface area contributed by atoms with Gasteiger partial charge in [0.2, 0.25) is 0 Å². The number of rotatable bonds is 2. The lowest BCUT2D eigenvalue weighted by molar-refractivity contribution is 0.579. The molecule has 96 valence electrons. The van der Waals surface area contributed by atoms with Crippen LogP contribution in [-0.2, 0) is 13.5 Å². The molecule has 2 aromatic rings. The summed E-state index contributed by atoms with van der Waals surface area (Å²) in [6.45, 7) is 4.54. The van der Waals surface area contributed by atoms with Crippen LogP contribution in [-0.4, -0.2) is 17.7 Å². The summed E-state index contributed by atoms with van der Waals surface area (Å²) in [7, 11) is 2.13. The van der Waals surface area contributed by atoms with Crippen molar-refractivity contribution in [3.8, 4) is 0 Å². The van der Waals surface area contributed by atoms with Gasteiger partial charge in [-0.1, -0.05) is 17.7 Å². The van der Waals surface area contributed by atoms with Crippen LogP contribution in [0.4, 0.5) is 0 Å². The maximum atomic E-state index is 6.10. The summed E-state index contributed by atoms with van der Waals surface area (Å²) in [5.74, 6) is 0.782. The van der Waals surface area contributed by atoms with Crippen molar-refractivity contribution in [3.05, 3.63) is 34.5 Å². The average Bonchev–Trinajstić information content (AvgIpc) is 2.94. The van der Waals surface area contributed by atoms with Gasteiger partial charge in [-0.05, 0) is 56.5 Å². The number of aromatic nitrogens is 1. The summed E-state index contributed by atoms with van der Waals surface area (Å²) in [5, 5.41) is 5.63. The van der Waals surface area contributed by atoms with Crippen LogP contribution in [0.2, 0.25) is 5.02 Å². The zero-order valence-corrected chi connectivity index (χ0v) is 11.7. The first-order chi connectivity index (χ1) is 8.66. The van der Waals surface area contributed by atoms with E-state index in [0.29, 0.717) is 0 Å². The van der Waals surface area contributed by atoms with Crippen LogP contribution in [0.5, 0.6) is 0 Å². The molecule has 0 saturated carbocycles. The number of benzene rings is 1. The molecule has 1 aliphatic heterocycles. The first-order valence-electron chi connectivity index (χ1n) is 6.61. The molecule has 2 heterocycles. The molecule has 1 aromatic carbocycles. The summed E-state index contributed by atoms with van der Waals surface area (Å²) < 4.78 is 2.26. The van der Waals surface area contributed by atoms with E-state index in [0.717, 1.165) is 17.5 Å². The van der Waals surface area contributed by atoms with E-state index in [1.54, 1.807) is 0 Å². The normalized spacial score (nSPS) is 19.8. The van der Waals surface area contributed by atoms with Gasteiger partial charge in [0, 0.05) is 28.7 Å². The number of fused-ring (bicyclic) bond motifs is 1. The highest BCUT2D eigenvalue weighted by Crippen LogP contribution is 2.30. The van der Waals surface area contributed by atoms with Crippen LogP contribution < -0.4 is 5.32 Å². The summed E-state index contributed by atoms with van der Waals surface area (Å²) in [5.41, 5.74) is 4.12. The highest BCUT2D eigenvalue weighted by molar-refractivity contribution is 6.31. The molecule has 1 unspecified atom stereocenters. The molecular weight excluding hydrogens is 244 g/mol. The Morgan fingerprint density at radius 2 is 2.28 bits per heavy atom. The number of halogens is 1. The van der Waals surface area contributed by atoms with E-state index in [9.17, 15) is 0 Å². The fourth-order valence-corrected chi connectivity index (χ4v) is 3.22. The lowest BCUT2D eigenvalue weighted by atomic mass is 9.96. The molecule has 0 bridgehead atoms. The number of aryl methyl sites for hydroxylation is 1. The monoisotopic (exact) mass is 262 g/mol. The number of hydrogen-bond donors (Lipinski definition) is 1. The van der Waals surface area contributed by atoms with Gasteiger partial charge in [-0.2, -0.15) is 0 Å². The van der Waals surface area contributed by atoms with Crippen molar-refractivity contribution in [2.24, 2.45) is 13.0 Å². The Morgan fingerprint density at radius 3 is 3.00 bits per heavy atom. The second kappa shape index (κ2) is 4.60. The highest BCUT2D eigenvalue weighted by atomic mass is 35.5. The van der Waals surface area contributed by atoms with E-state index in [2.05, 4.69) is 36.0 Å². The van der Waals surface area contributed by atoms with Crippen LogP contribution >= 0.6 is 11.6 Å². The van der Waals surface area contributed by atoms with E-state index >= 15 is 0 Å². The van der Waals surface area contributed by atoms with Gasteiger partial charge in [-0.15, -0.1) is 0 Å². The van der Waals surface area contributed by atoms with Crippen molar-refractivity contribution >= 4 is 22.5 Å². The Hall–Kier alpha value is -0.990. The van der Waals surface area contributed by atoms with E-state index < -0.39 is 0 Å². The zero-order valence-electron chi connectivity index (χ0n) is 11.0. The van der Waals surface area contributed by atoms with Gasteiger partial charge < -0.3 is 9.88 Å². The standard InChI is InChI=1S/C15H19ClN2/c1-10-14(7-11-5-6-17-9-11)13-4-3-12(16)8-15(13)18(10)2/h3-4,8,11,17H,5-7,9H2,1-2H3. The van der Waals surface area contributed by atoms with Crippen LogP contribution in [0.3, 0.4) is 0 Å². The topological polar surface area (TPSA) is 17.0 Å². The molecule has 1 fully saturated rings. The van der Waals surface area contributed by atoms with Crippen molar-refractivity contribution in [3.63, 3.8) is 0 Å². The van der Waals surface area contributed by atoms with E-state index in [1.807, 2.05) is 6.07 Å². The Labute approximate surface area is 113 Å². The van der Waals surface area contributed by atoms with Crippen LogP contribution in [0.25, 0.3) is 10.9 Å². The van der Waals surface area contributed by atoms with Crippen molar-refractivity contribution in [2.75, 3.05) is 13.1 Å². The predicted molar refractivity (Wildman–Crippen MR) is 77.3 cm³/mol. The molecule has 1 aliphatic rings. The van der Waals surface area contributed by atoms with Gasteiger partial charge in [0.1, 0.15) is 0 Å². The minimum absolute atomic E-state index is 0.782. The maximum Gasteiger partial charge on any atom is 0.0497 e. The quantitative estimate of drug-likeness (QED) is 0.879. The number of nitrogens with zero attached hydrogens (tertiary/aromatic N) is 1. The lowest BCUT2D eigenvalue weighted by Gasteiger charge is -2.08. The molecule has 0 spiro atoms. The Bertz CT molecular complexity index is 580. The molecule has 3 heteroatoms. The third kappa shape index (κ3) is 1.94. The molecule has 1 saturated heterocycles. The van der Waals surface area contributed by atoms with Gasteiger partial charge >= 0.3 is 0 Å². The number of hydrogen-bond acceptors (Lipinski definition) is 1. The summed E-state index contributed by atoms with van der Waals surface area (Å²) in [6.07, 6.45) is 2.47. The second-order valence-electron chi connectivity index (χ2n) is 5.35. The fourth-order valence-electron chi connectivity index (χ4n) is 3.05. The lowest BCUT2D eigenvalue weighted by Crippen LogP contribution is -2.11. The maximum absolute atomic E-state index is 6.10. The average molecular weight is 263 g/mol. The van der Waals surface area contributed by atoms with E-state index in [1.165, 1.54) is 41.5 Å². The van der Waals surface area contributed by atoms with E-state index in [4.69, 9.17) is 11.6 Å². The van der Waals surface area contributed by atoms with Crippen molar-refractivity contribution in [1.29, 1.82) is 0 Å². The Balaban J connectivity index is 2.07. The summed E-state index contributed by atoms with van der Waals surface area (Å²) in [4.78, 5) is 0. The highest BCUT2D eigenvalue weighted by Gasteiger charge is 2.19. The van der Waals surface area contributed by atoms with Crippen molar-refractivity contribution in [1.82, 2.24) is 9.88 Å². The third-order valence-corrected chi connectivity index (χ3v) is 4.48. The molecule has 18 heavy (non-hydrogen) atoms. The first kappa shape index (κ1) is 12.1. The Kier molecular flexibility index (Phi) is 3.08. The molecule has 1 atom stereocenters. The second-order valence-corrected chi connectivity index (χ2v) is 5.78. The third-order valence-electron chi connectivity index (χ3n) is 4.24. The van der Waals surface area contributed by atoms with Gasteiger partial charge in [0.05, 0.1) is 0 Å².